The summed E-state index contributed by atoms with van der Waals surface area (Å²) in [6.45, 7) is 3.01. The van der Waals surface area contributed by atoms with Gasteiger partial charge in [-0.1, -0.05) is 35.9 Å². The zero-order chi connectivity index (χ0) is 22.3. The number of aliphatic imine (C=N–C) groups is 1. The van der Waals surface area contributed by atoms with Gasteiger partial charge in [-0.05, 0) is 84.4 Å². The summed E-state index contributed by atoms with van der Waals surface area (Å²) in [6, 6.07) is 22.6. The van der Waals surface area contributed by atoms with Gasteiger partial charge in [0.15, 0.2) is 5.17 Å². The van der Waals surface area contributed by atoms with Crippen LogP contribution >= 0.6 is 23.4 Å². The zero-order valence-electron chi connectivity index (χ0n) is 17.4. The predicted molar refractivity (Wildman–Crippen MR) is 131 cm³/mol. The second kappa shape index (κ2) is 10.4. The van der Waals surface area contributed by atoms with E-state index >= 15 is 0 Å². The van der Waals surface area contributed by atoms with Gasteiger partial charge in [0.25, 0.3) is 5.91 Å². The molecule has 0 atom stereocenters. The Morgan fingerprint density at radius 3 is 2.28 bits per heavy atom. The lowest BCUT2D eigenvalue weighted by Crippen LogP contribution is -2.19. The molecule has 0 aromatic heterocycles. The molecule has 1 amide bonds. The molecule has 3 aromatic carbocycles. The molecule has 32 heavy (non-hydrogen) atoms. The average Bonchev–Trinajstić information content (AvgIpc) is 3.14. The van der Waals surface area contributed by atoms with E-state index in [9.17, 15) is 4.79 Å². The molecule has 5 nitrogen and oxygen atoms in total. The molecule has 1 N–H and O–H groups in total. The van der Waals surface area contributed by atoms with E-state index in [1.807, 2.05) is 85.8 Å². The third-order valence-corrected chi connectivity index (χ3v) is 5.69. The van der Waals surface area contributed by atoms with Gasteiger partial charge in [-0.2, -0.15) is 0 Å². The van der Waals surface area contributed by atoms with Crippen molar-refractivity contribution in [2.24, 2.45) is 4.99 Å². The number of carbonyl (C=O) groups is 1. The number of thioether (sulfide) groups is 1. The first-order valence-electron chi connectivity index (χ1n) is 10.1. The molecule has 1 saturated heterocycles. The van der Waals surface area contributed by atoms with Crippen LogP contribution in [0.1, 0.15) is 18.1 Å². The van der Waals surface area contributed by atoms with Gasteiger partial charge >= 0.3 is 0 Å². The van der Waals surface area contributed by atoms with Crippen molar-refractivity contribution in [1.29, 1.82) is 0 Å². The first-order chi connectivity index (χ1) is 15.6. The first-order valence-corrected chi connectivity index (χ1v) is 11.3. The molecule has 0 unspecified atom stereocenters. The number of ether oxygens (including phenoxy) is 2. The standard InChI is InChI=1S/C25H21ClN2O3S/c1-2-30-21-13-9-20(10-14-21)27-25-28-24(29)23(32-25)15-17-5-11-22(12-6-17)31-16-18-3-7-19(26)8-4-18/h3-15H,2,16H2,1H3,(H,27,28,29). The number of amidine groups is 1. The Kier molecular flexibility index (Phi) is 7.14. The molecule has 162 valence electrons. The fourth-order valence-electron chi connectivity index (χ4n) is 2.94. The second-order valence-corrected chi connectivity index (χ2v) is 8.36. The van der Waals surface area contributed by atoms with Crippen LogP contribution in [0.15, 0.2) is 82.7 Å². The molecule has 4 rings (SSSR count). The Bertz CT molecular complexity index is 1140. The highest BCUT2D eigenvalue weighted by molar-refractivity contribution is 8.18. The molecule has 3 aromatic rings. The SMILES string of the molecule is CCOc1ccc(N=C2NC(=O)C(=Cc3ccc(OCc4ccc(Cl)cc4)cc3)S2)cc1. The average molecular weight is 465 g/mol. The van der Waals surface area contributed by atoms with Crippen molar-refractivity contribution in [1.82, 2.24) is 5.32 Å². The zero-order valence-corrected chi connectivity index (χ0v) is 19.0. The van der Waals surface area contributed by atoms with E-state index in [1.165, 1.54) is 11.8 Å². The van der Waals surface area contributed by atoms with Crippen molar-refractivity contribution in [3.05, 3.63) is 93.9 Å². The van der Waals surface area contributed by atoms with Gasteiger partial charge in [-0.3, -0.25) is 4.79 Å². The molecule has 1 fully saturated rings. The molecule has 1 aliphatic rings. The maximum atomic E-state index is 12.3. The predicted octanol–water partition coefficient (Wildman–Crippen LogP) is 6.21. The minimum absolute atomic E-state index is 0.164. The summed E-state index contributed by atoms with van der Waals surface area (Å²) in [5.41, 5.74) is 2.70. The van der Waals surface area contributed by atoms with E-state index in [0.29, 0.717) is 28.3 Å². The van der Waals surface area contributed by atoms with Crippen LogP contribution in [0.5, 0.6) is 11.5 Å². The van der Waals surface area contributed by atoms with Crippen molar-refractivity contribution in [3.8, 4) is 11.5 Å². The Morgan fingerprint density at radius 2 is 1.59 bits per heavy atom. The molecular formula is C25H21ClN2O3S. The number of amides is 1. The Balaban J connectivity index is 1.37. The third kappa shape index (κ3) is 5.93. The highest BCUT2D eigenvalue weighted by atomic mass is 35.5. The van der Waals surface area contributed by atoms with Gasteiger partial charge in [-0.25, -0.2) is 4.99 Å². The van der Waals surface area contributed by atoms with Crippen LogP contribution < -0.4 is 14.8 Å². The molecule has 0 saturated carbocycles. The number of hydrogen-bond donors (Lipinski definition) is 1. The Hall–Kier alpha value is -3.22. The number of hydrogen-bond acceptors (Lipinski definition) is 5. The smallest absolute Gasteiger partial charge is 0.264 e. The summed E-state index contributed by atoms with van der Waals surface area (Å²) in [7, 11) is 0. The number of nitrogens with one attached hydrogen (secondary N) is 1. The van der Waals surface area contributed by atoms with Crippen molar-refractivity contribution < 1.29 is 14.3 Å². The maximum absolute atomic E-state index is 12.3. The highest BCUT2D eigenvalue weighted by Gasteiger charge is 2.23. The van der Waals surface area contributed by atoms with Crippen LogP contribution in [0, 0.1) is 0 Å². The lowest BCUT2D eigenvalue weighted by atomic mass is 10.2. The van der Waals surface area contributed by atoms with E-state index in [4.69, 9.17) is 21.1 Å². The van der Waals surface area contributed by atoms with Gasteiger partial charge in [0.1, 0.15) is 18.1 Å². The number of benzene rings is 3. The van der Waals surface area contributed by atoms with Crippen LogP contribution in [0.4, 0.5) is 5.69 Å². The van der Waals surface area contributed by atoms with Crippen LogP contribution in [0.3, 0.4) is 0 Å². The fourth-order valence-corrected chi connectivity index (χ4v) is 3.91. The molecule has 0 bridgehead atoms. The van der Waals surface area contributed by atoms with Crippen LogP contribution in [-0.2, 0) is 11.4 Å². The molecule has 1 aliphatic heterocycles. The molecule has 7 heteroatoms. The van der Waals surface area contributed by atoms with Gasteiger partial charge < -0.3 is 14.8 Å². The monoisotopic (exact) mass is 464 g/mol. The van der Waals surface area contributed by atoms with Gasteiger partial charge in [0.05, 0.1) is 17.2 Å². The topological polar surface area (TPSA) is 59.9 Å². The summed E-state index contributed by atoms with van der Waals surface area (Å²) >= 11 is 7.22. The molecular weight excluding hydrogens is 444 g/mol. The summed E-state index contributed by atoms with van der Waals surface area (Å²) in [4.78, 5) is 17.4. The number of carbonyl (C=O) groups excluding carboxylic acids is 1. The van der Waals surface area contributed by atoms with Crippen molar-refractivity contribution in [2.75, 3.05) is 6.61 Å². The normalized spacial score (nSPS) is 15.8. The summed E-state index contributed by atoms with van der Waals surface area (Å²) < 4.78 is 11.2. The summed E-state index contributed by atoms with van der Waals surface area (Å²) in [5, 5.41) is 4.06. The van der Waals surface area contributed by atoms with Crippen LogP contribution in [0.25, 0.3) is 6.08 Å². The van der Waals surface area contributed by atoms with Gasteiger partial charge in [0.2, 0.25) is 0 Å². The van der Waals surface area contributed by atoms with E-state index in [-0.39, 0.29) is 5.91 Å². The highest BCUT2D eigenvalue weighted by Crippen LogP contribution is 2.29. The fraction of sp³-hybridized carbons (Fsp3) is 0.120. The lowest BCUT2D eigenvalue weighted by molar-refractivity contribution is -0.115. The quantitative estimate of drug-likeness (QED) is 0.422. The Morgan fingerprint density at radius 1 is 0.938 bits per heavy atom. The molecule has 0 aliphatic carbocycles. The molecule has 0 spiro atoms. The maximum Gasteiger partial charge on any atom is 0.264 e. The number of rotatable bonds is 7. The minimum Gasteiger partial charge on any atom is -0.494 e. The van der Waals surface area contributed by atoms with Gasteiger partial charge in [0, 0.05) is 5.02 Å². The Labute approximate surface area is 196 Å². The van der Waals surface area contributed by atoms with E-state index < -0.39 is 0 Å². The van der Waals surface area contributed by atoms with Crippen molar-refractivity contribution >= 4 is 46.2 Å². The third-order valence-electron chi connectivity index (χ3n) is 4.53. The van der Waals surface area contributed by atoms with Crippen molar-refractivity contribution in [3.63, 3.8) is 0 Å². The van der Waals surface area contributed by atoms with Crippen molar-refractivity contribution in [2.45, 2.75) is 13.5 Å². The largest absolute Gasteiger partial charge is 0.494 e. The first kappa shape index (κ1) is 22.0. The van der Waals surface area contributed by atoms with Gasteiger partial charge in [-0.15, -0.1) is 0 Å². The lowest BCUT2D eigenvalue weighted by Gasteiger charge is -2.06. The summed E-state index contributed by atoms with van der Waals surface area (Å²) in [5.74, 6) is 1.38. The van der Waals surface area contributed by atoms with E-state index in [0.717, 1.165) is 28.3 Å². The van der Waals surface area contributed by atoms with E-state index in [1.54, 1.807) is 0 Å². The van der Waals surface area contributed by atoms with Crippen LogP contribution in [-0.4, -0.2) is 17.7 Å². The number of halogens is 1. The van der Waals surface area contributed by atoms with E-state index in [2.05, 4.69) is 10.3 Å². The minimum atomic E-state index is -0.164. The summed E-state index contributed by atoms with van der Waals surface area (Å²) in [6.07, 6.45) is 1.84. The number of nitrogens with zero attached hydrogens (tertiary/aromatic N) is 1. The molecule has 0 radical (unpaired) electrons. The second-order valence-electron chi connectivity index (χ2n) is 6.89. The van der Waals surface area contributed by atoms with Crippen LogP contribution in [0.2, 0.25) is 5.02 Å². The molecule has 1 heterocycles.